The molecular formula is C30H31FN6O4S. The predicted molar refractivity (Wildman–Crippen MR) is 162 cm³/mol. The summed E-state index contributed by atoms with van der Waals surface area (Å²) in [5.74, 6) is 0.358. The van der Waals surface area contributed by atoms with Crippen molar-refractivity contribution in [2.24, 2.45) is 0 Å². The van der Waals surface area contributed by atoms with Gasteiger partial charge in [-0.15, -0.1) is 0 Å². The highest BCUT2D eigenvalue weighted by atomic mass is 32.1. The van der Waals surface area contributed by atoms with Gasteiger partial charge in [0.2, 0.25) is 0 Å². The van der Waals surface area contributed by atoms with Gasteiger partial charge in [-0.2, -0.15) is 0 Å². The van der Waals surface area contributed by atoms with Crippen molar-refractivity contribution >= 4 is 41.4 Å². The van der Waals surface area contributed by atoms with E-state index in [1.165, 1.54) is 12.1 Å². The van der Waals surface area contributed by atoms with E-state index in [1.54, 1.807) is 36.5 Å². The number of thiol groups is 1. The number of anilines is 1. The van der Waals surface area contributed by atoms with Crippen LogP contribution in [0.4, 0.5) is 14.9 Å². The molecule has 2 aliphatic heterocycles. The van der Waals surface area contributed by atoms with Gasteiger partial charge in [0.25, 0.3) is 5.91 Å². The van der Waals surface area contributed by atoms with Gasteiger partial charge in [0, 0.05) is 65.9 Å². The Morgan fingerprint density at radius 1 is 1.14 bits per heavy atom. The van der Waals surface area contributed by atoms with E-state index in [0.717, 1.165) is 41.0 Å². The molecular weight excluding hydrogens is 559 g/mol. The summed E-state index contributed by atoms with van der Waals surface area (Å²) in [7, 11) is 0. The van der Waals surface area contributed by atoms with Crippen molar-refractivity contribution < 1.29 is 23.3 Å². The average Bonchev–Trinajstić information content (AvgIpc) is 3.36. The number of ether oxygens (including phenoxy) is 1. The molecule has 1 unspecified atom stereocenters. The van der Waals surface area contributed by atoms with Crippen molar-refractivity contribution in [2.75, 3.05) is 31.6 Å². The molecule has 4 heterocycles. The fraction of sp³-hybridized carbons (Fsp3) is 0.267. The smallest absolute Gasteiger partial charge is 0.319 e. The first kappa shape index (κ1) is 29.2. The lowest BCUT2D eigenvalue weighted by molar-refractivity contribution is 0.0954. The second-order valence-corrected chi connectivity index (χ2v) is 10.2. The second kappa shape index (κ2) is 13.1. The minimum Gasteiger partial charge on any atom is -0.490 e. The number of carbonyl (C=O) groups excluding carboxylic acids is 2. The third-order valence-electron chi connectivity index (χ3n) is 7.18. The standard InChI is InChI=1S/C30H29FN6O3.H2OS/c1-17-16-40-28-24(17)13-22(35-27(28)18-4-6-21(31)7-5-18)8-10-34-29(38)20-11-19-3-2-9-33-26(19)25(12-20)37-30(39)36-23-14-32-15-23;1-2/h2-7,9,11-13,17,23,32H,8,10,14-16H2,1H3,(H,34,38)(H2,36,37,39);1-2H. The molecule has 42 heavy (non-hydrogen) atoms. The number of pyridine rings is 2. The Morgan fingerprint density at radius 3 is 2.67 bits per heavy atom. The van der Waals surface area contributed by atoms with Crippen molar-refractivity contribution in [3.8, 4) is 17.0 Å². The highest BCUT2D eigenvalue weighted by molar-refractivity contribution is 7.74. The number of fused-ring (bicyclic) bond motifs is 2. The van der Waals surface area contributed by atoms with E-state index in [4.69, 9.17) is 14.3 Å². The van der Waals surface area contributed by atoms with Gasteiger partial charge in [0.05, 0.1) is 23.9 Å². The van der Waals surface area contributed by atoms with Gasteiger partial charge >= 0.3 is 6.03 Å². The zero-order chi connectivity index (χ0) is 29.6. The molecule has 0 radical (unpaired) electrons. The van der Waals surface area contributed by atoms with Crippen molar-refractivity contribution in [1.29, 1.82) is 0 Å². The maximum Gasteiger partial charge on any atom is 0.319 e. The van der Waals surface area contributed by atoms with Gasteiger partial charge in [-0.25, -0.2) is 14.2 Å². The van der Waals surface area contributed by atoms with Gasteiger partial charge in [0.15, 0.2) is 0 Å². The number of hydrogen-bond donors (Lipinski definition) is 6. The molecule has 10 nitrogen and oxygen atoms in total. The zero-order valence-electron chi connectivity index (χ0n) is 22.9. The number of nitrogens with one attached hydrogen (secondary N) is 4. The minimum absolute atomic E-state index is 0.0802. The SMILES string of the molecule is CC1COc2c1cc(CCNC(=O)c1cc(NC(=O)NC3CNC3)c3ncccc3c1)nc2-c1ccc(F)cc1.OS. The lowest BCUT2D eigenvalue weighted by Gasteiger charge is -2.28. The zero-order valence-corrected chi connectivity index (χ0v) is 23.7. The molecule has 2 aromatic carbocycles. The van der Waals surface area contributed by atoms with E-state index in [-0.39, 0.29) is 29.7 Å². The lowest BCUT2D eigenvalue weighted by atomic mass is 9.99. The fourth-order valence-corrected chi connectivity index (χ4v) is 4.92. The van der Waals surface area contributed by atoms with Gasteiger partial charge in [0.1, 0.15) is 17.3 Å². The van der Waals surface area contributed by atoms with Crippen LogP contribution in [-0.2, 0) is 6.42 Å². The molecule has 0 bridgehead atoms. The molecule has 0 saturated carbocycles. The van der Waals surface area contributed by atoms with Crippen molar-refractivity contribution in [3.05, 3.63) is 83.4 Å². The van der Waals surface area contributed by atoms with Crippen LogP contribution in [0.15, 0.2) is 60.8 Å². The van der Waals surface area contributed by atoms with Crippen LogP contribution in [0.25, 0.3) is 22.2 Å². The highest BCUT2D eigenvalue weighted by Gasteiger charge is 2.26. The normalized spacial score (nSPS) is 15.5. The summed E-state index contributed by atoms with van der Waals surface area (Å²) in [5.41, 5.74) is 4.81. The van der Waals surface area contributed by atoms with Gasteiger partial charge in [-0.3, -0.25) is 9.78 Å². The van der Waals surface area contributed by atoms with E-state index in [9.17, 15) is 14.0 Å². The average molecular weight is 591 g/mol. The maximum atomic E-state index is 13.5. The van der Waals surface area contributed by atoms with Crippen LogP contribution in [0.3, 0.4) is 0 Å². The number of nitrogens with zero attached hydrogens (tertiary/aromatic N) is 2. The summed E-state index contributed by atoms with van der Waals surface area (Å²) >= 11 is 2.53. The number of benzene rings is 2. The number of amides is 3. The predicted octanol–water partition coefficient (Wildman–Crippen LogP) is 4.39. The molecule has 0 aliphatic carbocycles. The van der Waals surface area contributed by atoms with Crippen LogP contribution in [0, 0.1) is 5.82 Å². The molecule has 1 atom stereocenters. The summed E-state index contributed by atoms with van der Waals surface area (Å²) in [4.78, 5) is 34.9. The lowest BCUT2D eigenvalue weighted by Crippen LogP contribution is -2.57. The van der Waals surface area contributed by atoms with Crippen LogP contribution < -0.4 is 26.0 Å². The van der Waals surface area contributed by atoms with Crippen LogP contribution in [0.5, 0.6) is 5.75 Å². The van der Waals surface area contributed by atoms with E-state index in [2.05, 4.69) is 46.1 Å². The molecule has 4 aromatic rings. The summed E-state index contributed by atoms with van der Waals surface area (Å²) in [6, 6.07) is 15.0. The minimum atomic E-state index is -0.339. The topological polar surface area (TPSA) is 138 Å². The Balaban J connectivity index is 0.00000173. The van der Waals surface area contributed by atoms with Crippen molar-refractivity contribution in [2.45, 2.75) is 25.3 Å². The van der Waals surface area contributed by atoms with Crippen LogP contribution >= 0.6 is 12.9 Å². The molecule has 218 valence electrons. The molecule has 3 amide bonds. The number of hydrogen-bond acceptors (Lipinski definition) is 8. The Bertz CT molecular complexity index is 1600. The van der Waals surface area contributed by atoms with Crippen molar-refractivity contribution in [1.82, 2.24) is 25.9 Å². The molecule has 2 aliphatic rings. The fourth-order valence-electron chi connectivity index (χ4n) is 4.92. The summed E-state index contributed by atoms with van der Waals surface area (Å²) < 4.78 is 26.1. The van der Waals surface area contributed by atoms with Crippen LogP contribution in [0.1, 0.15) is 34.5 Å². The number of urea groups is 1. The molecule has 0 spiro atoms. The monoisotopic (exact) mass is 590 g/mol. The van der Waals surface area contributed by atoms with Gasteiger partial charge < -0.3 is 30.6 Å². The van der Waals surface area contributed by atoms with Crippen LogP contribution in [0.2, 0.25) is 0 Å². The number of aromatic nitrogens is 2. The molecule has 12 heteroatoms. The summed E-state index contributed by atoms with van der Waals surface area (Å²) in [6.07, 6.45) is 2.15. The number of rotatable bonds is 7. The quantitative estimate of drug-likeness (QED) is 0.139. The first-order valence-electron chi connectivity index (χ1n) is 13.5. The van der Waals surface area contributed by atoms with E-state index >= 15 is 0 Å². The third-order valence-corrected chi connectivity index (χ3v) is 7.18. The third kappa shape index (κ3) is 6.46. The Kier molecular flexibility index (Phi) is 9.15. The van der Waals surface area contributed by atoms with E-state index < -0.39 is 0 Å². The molecule has 1 fully saturated rings. The largest absolute Gasteiger partial charge is 0.490 e. The maximum absolute atomic E-state index is 13.5. The second-order valence-electron chi connectivity index (χ2n) is 10.2. The Labute approximate surface area is 247 Å². The Hall–Kier alpha value is -4.26. The molecule has 5 N–H and O–H groups in total. The first-order valence-corrected chi connectivity index (χ1v) is 13.9. The number of carbonyl (C=O) groups is 2. The van der Waals surface area contributed by atoms with Crippen molar-refractivity contribution in [3.63, 3.8) is 0 Å². The van der Waals surface area contributed by atoms with E-state index in [1.807, 2.05) is 12.1 Å². The molecule has 1 saturated heterocycles. The van der Waals surface area contributed by atoms with Gasteiger partial charge in [-0.05, 0) is 61.4 Å². The number of halogens is 1. The molecule has 2 aromatic heterocycles. The summed E-state index contributed by atoms with van der Waals surface area (Å²) in [5, 5.41) is 12.6. The van der Waals surface area contributed by atoms with E-state index in [0.29, 0.717) is 42.0 Å². The highest BCUT2D eigenvalue weighted by Crippen LogP contribution is 2.41. The summed E-state index contributed by atoms with van der Waals surface area (Å²) in [6.45, 7) is 4.46. The molecule has 6 rings (SSSR count). The Morgan fingerprint density at radius 2 is 1.93 bits per heavy atom. The van der Waals surface area contributed by atoms with Gasteiger partial charge in [-0.1, -0.05) is 13.0 Å². The first-order chi connectivity index (χ1) is 20.4. The van der Waals surface area contributed by atoms with Crippen LogP contribution in [-0.4, -0.2) is 58.7 Å².